The highest BCUT2D eigenvalue weighted by Crippen LogP contribution is 2.24. The quantitative estimate of drug-likeness (QED) is 0.856. The third kappa shape index (κ3) is 4.57. The van der Waals surface area contributed by atoms with Crippen molar-refractivity contribution < 1.29 is 13.2 Å². The lowest BCUT2D eigenvalue weighted by Gasteiger charge is -2.26. The third-order valence-corrected chi connectivity index (χ3v) is 7.00. The number of rotatable bonds is 5. The van der Waals surface area contributed by atoms with E-state index in [-0.39, 0.29) is 10.8 Å². The number of carbonyl (C=O) groups is 1. The molecule has 5 nitrogen and oxygen atoms in total. The summed E-state index contributed by atoms with van der Waals surface area (Å²) >= 11 is 0. The van der Waals surface area contributed by atoms with Crippen molar-refractivity contribution >= 4 is 15.9 Å². The van der Waals surface area contributed by atoms with Gasteiger partial charge in [-0.15, -0.1) is 0 Å². The van der Waals surface area contributed by atoms with E-state index in [1.807, 2.05) is 31.2 Å². The van der Waals surface area contributed by atoms with Crippen LogP contribution in [0.2, 0.25) is 0 Å². The molecule has 1 heterocycles. The fraction of sp³-hybridized carbons (Fsp3) is 0.381. The second kappa shape index (κ2) is 8.23. The Labute approximate surface area is 161 Å². The van der Waals surface area contributed by atoms with Gasteiger partial charge in [-0.1, -0.05) is 42.3 Å². The van der Waals surface area contributed by atoms with E-state index >= 15 is 0 Å². The maximum atomic E-state index is 13.0. The first-order valence-electron chi connectivity index (χ1n) is 9.32. The van der Waals surface area contributed by atoms with Crippen molar-refractivity contribution in [1.29, 1.82) is 0 Å². The highest BCUT2D eigenvalue weighted by atomic mass is 32.2. The average molecular weight is 387 g/mol. The van der Waals surface area contributed by atoms with Crippen molar-refractivity contribution in [2.75, 3.05) is 13.1 Å². The summed E-state index contributed by atoms with van der Waals surface area (Å²) in [6.07, 6.45) is 2.83. The van der Waals surface area contributed by atoms with Gasteiger partial charge in [0.25, 0.3) is 5.91 Å². The zero-order valence-electron chi connectivity index (χ0n) is 15.9. The molecule has 0 radical (unpaired) electrons. The Morgan fingerprint density at radius 3 is 2.33 bits per heavy atom. The van der Waals surface area contributed by atoms with E-state index in [0.717, 1.165) is 30.4 Å². The Balaban J connectivity index is 1.77. The van der Waals surface area contributed by atoms with Gasteiger partial charge in [-0.3, -0.25) is 4.79 Å². The van der Waals surface area contributed by atoms with E-state index in [1.165, 1.54) is 10.4 Å². The summed E-state index contributed by atoms with van der Waals surface area (Å²) in [5.41, 5.74) is 3.19. The molecule has 3 rings (SSSR count). The molecule has 2 aromatic rings. The van der Waals surface area contributed by atoms with Crippen LogP contribution >= 0.6 is 0 Å². The first-order chi connectivity index (χ1) is 12.9. The second-order valence-corrected chi connectivity index (χ2v) is 9.02. The van der Waals surface area contributed by atoms with Gasteiger partial charge in [0.15, 0.2) is 0 Å². The van der Waals surface area contributed by atoms with Crippen LogP contribution in [0.4, 0.5) is 0 Å². The standard InChI is InChI=1S/C21H26N2O3S/c1-16-6-9-18(10-7-16)15-22-21(24)19-11-8-17(2)20(14-19)27(25,26)23-12-4-3-5-13-23/h6-11,14H,3-5,12-13,15H2,1-2H3,(H,22,24). The molecule has 0 atom stereocenters. The van der Waals surface area contributed by atoms with Crippen LogP contribution in [0.25, 0.3) is 0 Å². The normalized spacial score (nSPS) is 15.5. The van der Waals surface area contributed by atoms with Gasteiger partial charge in [0.1, 0.15) is 0 Å². The van der Waals surface area contributed by atoms with Crippen molar-refractivity contribution in [2.45, 2.75) is 44.6 Å². The minimum atomic E-state index is -3.57. The number of aryl methyl sites for hydroxylation is 2. The van der Waals surface area contributed by atoms with E-state index in [2.05, 4.69) is 5.32 Å². The monoisotopic (exact) mass is 386 g/mol. The van der Waals surface area contributed by atoms with Crippen LogP contribution in [-0.4, -0.2) is 31.7 Å². The molecule has 1 fully saturated rings. The van der Waals surface area contributed by atoms with Gasteiger partial charge in [-0.25, -0.2) is 8.42 Å². The summed E-state index contributed by atoms with van der Waals surface area (Å²) in [6, 6.07) is 12.8. The highest BCUT2D eigenvalue weighted by molar-refractivity contribution is 7.89. The Hall–Kier alpha value is -2.18. The molecular weight excluding hydrogens is 360 g/mol. The van der Waals surface area contributed by atoms with Gasteiger partial charge in [0.05, 0.1) is 4.90 Å². The van der Waals surface area contributed by atoms with E-state index in [1.54, 1.807) is 19.1 Å². The van der Waals surface area contributed by atoms with Crippen LogP contribution in [0.3, 0.4) is 0 Å². The molecule has 1 amide bonds. The number of nitrogens with zero attached hydrogens (tertiary/aromatic N) is 1. The van der Waals surface area contributed by atoms with Gasteiger partial charge in [-0.05, 0) is 49.9 Å². The maximum absolute atomic E-state index is 13.0. The Morgan fingerprint density at radius 2 is 1.67 bits per heavy atom. The van der Waals surface area contributed by atoms with Crippen LogP contribution < -0.4 is 5.32 Å². The van der Waals surface area contributed by atoms with E-state index < -0.39 is 10.0 Å². The Morgan fingerprint density at radius 1 is 1.00 bits per heavy atom. The summed E-state index contributed by atoms with van der Waals surface area (Å²) in [5.74, 6) is -0.273. The first kappa shape index (κ1) is 19.6. The lowest BCUT2D eigenvalue weighted by atomic mass is 10.1. The van der Waals surface area contributed by atoms with Gasteiger partial charge in [-0.2, -0.15) is 4.31 Å². The fourth-order valence-corrected chi connectivity index (χ4v) is 5.02. The largest absolute Gasteiger partial charge is 0.348 e. The number of hydrogen-bond donors (Lipinski definition) is 1. The zero-order valence-corrected chi connectivity index (χ0v) is 16.7. The molecule has 0 spiro atoms. The highest BCUT2D eigenvalue weighted by Gasteiger charge is 2.28. The number of sulfonamides is 1. The predicted molar refractivity (Wildman–Crippen MR) is 106 cm³/mol. The van der Waals surface area contributed by atoms with Crippen LogP contribution in [0.1, 0.15) is 46.3 Å². The van der Waals surface area contributed by atoms with Crippen molar-refractivity contribution in [3.05, 3.63) is 64.7 Å². The van der Waals surface area contributed by atoms with Crippen LogP contribution in [0.15, 0.2) is 47.4 Å². The first-order valence-corrected chi connectivity index (χ1v) is 10.8. The van der Waals surface area contributed by atoms with E-state index in [9.17, 15) is 13.2 Å². The summed E-state index contributed by atoms with van der Waals surface area (Å²) in [6.45, 7) is 5.28. The van der Waals surface area contributed by atoms with Crippen LogP contribution in [0.5, 0.6) is 0 Å². The van der Waals surface area contributed by atoms with Crippen molar-refractivity contribution in [2.24, 2.45) is 0 Å². The number of hydrogen-bond acceptors (Lipinski definition) is 3. The summed E-state index contributed by atoms with van der Waals surface area (Å²) in [5, 5.41) is 2.87. The number of benzene rings is 2. The van der Waals surface area contributed by atoms with Gasteiger partial charge >= 0.3 is 0 Å². The molecule has 0 aliphatic carbocycles. The van der Waals surface area contributed by atoms with Gasteiger partial charge in [0, 0.05) is 25.2 Å². The van der Waals surface area contributed by atoms with Crippen LogP contribution in [0, 0.1) is 13.8 Å². The number of piperidine rings is 1. The smallest absolute Gasteiger partial charge is 0.251 e. The number of amides is 1. The zero-order chi connectivity index (χ0) is 19.4. The van der Waals surface area contributed by atoms with Crippen molar-refractivity contribution in [3.8, 4) is 0 Å². The molecule has 0 saturated carbocycles. The molecule has 1 aliphatic heterocycles. The fourth-order valence-electron chi connectivity index (χ4n) is 3.25. The maximum Gasteiger partial charge on any atom is 0.251 e. The lowest BCUT2D eigenvalue weighted by Crippen LogP contribution is -2.36. The minimum absolute atomic E-state index is 0.229. The number of carbonyl (C=O) groups excluding carboxylic acids is 1. The SMILES string of the molecule is Cc1ccc(CNC(=O)c2ccc(C)c(S(=O)(=O)N3CCCCC3)c2)cc1. The molecule has 6 heteroatoms. The molecule has 1 N–H and O–H groups in total. The van der Waals surface area contributed by atoms with Crippen molar-refractivity contribution in [1.82, 2.24) is 9.62 Å². The summed E-state index contributed by atoms with van der Waals surface area (Å²) in [7, 11) is -3.57. The Kier molecular flexibility index (Phi) is 5.97. The second-order valence-electron chi connectivity index (χ2n) is 7.11. The Bertz CT molecular complexity index is 915. The molecule has 0 aromatic heterocycles. The summed E-state index contributed by atoms with van der Waals surface area (Å²) in [4.78, 5) is 12.8. The molecule has 1 aliphatic rings. The predicted octanol–water partition coefficient (Wildman–Crippen LogP) is 3.41. The third-order valence-electron chi connectivity index (χ3n) is 4.96. The van der Waals surface area contributed by atoms with E-state index in [4.69, 9.17) is 0 Å². The minimum Gasteiger partial charge on any atom is -0.348 e. The molecule has 27 heavy (non-hydrogen) atoms. The molecule has 0 unspecified atom stereocenters. The van der Waals surface area contributed by atoms with E-state index in [0.29, 0.717) is 30.8 Å². The average Bonchev–Trinajstić information content (AvgIpc) is 2.68. The number of nitrogens with one attached hydrogen (secondary N) is 1. The van der Waals surface area contributed by atoms with Crippen LogP contribution in [-0.2, 0) is 16.6 Å². The summed E-state index contributed by atoms with van der Waals surface area (Å²) < 4.78 is 27.5. The molecular formula is C21H26N2O3S. The van der Waals surface area contributed by atoms with Gasteiger partial charge in [0.2, 0.25) is 10.0 Å². The molecule has 2 aromatic carbocycles. The molecule has 0 bridgehead atoms. The molecule has 144 valence electrons. The lowest BCUT2D eigenvalue weighted by molar-refractivity contribution is 0.0950. The van der Waals surface area contributed by atoms with Crippen molar-refractivity contribution in [3.63, 3.8) is 0 Å². The molecule has 1 saturated heterocycles. The topological polar surface area (TPSA) is 66.5 Å². The van der Waals surface area contributed by atoms with Gasteiger partial charge < -0.3 is 5.32 Å².